The largest absolute Gasteiger partial charge is 0.317 e. The molecule has 1 aliphatic carbocycles. The summed E-state index contributed by atoms with van der Waals surface area (Å²) in [6.07, 6.45) is 4.24. The fraction of sp³-hybridized carbons (Fsp3) is 1.00. The summed E-state index contributed by atoms with van der Waals surface area (Å²) >= 11 is 0. The quantitative estimate of drug-likeness (QED) is 0.685. The Morgan fingerprint density at radius 1 is 1.33 bits per heavy atom. The van der Waals surface area contributed by atoms with Gasteiger partial charge >= 0.3 is 0 Å². The molecule has 1 rings (SSSR count). The Bertz CT molecular complexity index is 131. The van der Waals surface area contributed by atoms with Crippen LogP contribution in [0.2, 0.25) is 0 Å². The van der Waals surface area contributed by atoms with Crippen molar-refractivity contribution in [3.63, 3.8) is 0 Å². The molecule has 0 heterocycles. The third-order valence-corrected chi connectivity index (χ3v) is 3.37. The lowest BCUT2D eigenvalue weighted by atomic mass is 9.88. The monoisotopic (exact) mass is 169 g/mol. The van der Waals surface area contributed by atoms with E-state index in [1.807, 2.05) is 0 Å². The van der Waals surface area contributed by atoms with Crippen molar-refractivity contribution in [1.29, 1.82) is 0 Å². The first kappa shape index (κ1) is 10.0. The van der Waals surface area contributed by atoms with E-state index in [4.69, 9.17) is 0 Å². The van der Waals surface area contributed by atoms with Crippen molar-refractivity contribution in [2.45, 2.75) is 46.1 Å². The van der Waals surface area contributed by atoms with Crippen molar-refractivity contribution < 1.29 is 0 Å². The van der Waals surface area contributed by atoms with Crippen LogP contribution in [-0.2, 0) is 0 Å². The van der Waals surface area contributed by atoms with Gasteiger partial charge in [0.05, 0.1) is 0 Å². The van der Waals surface area contributed by atoms with Crippen molar-refractivity contribution in [3.05, 3.63) is 0 Å². The predicted octanol–water partition coefficient (Wildman–Crippen LogP) is 2.67. The molecule has 0 aliphatic heterocycles. The summed E-state index contributed by atoms with van der Waals surface area (Å²) in [4.78, 5) is 0. The van der Waals surface area contributed by atoms with Gasteiger partial charge in [0, 0.05) is 6.04 Å². The van der Waals surface area contributed by atoms with Crippen LogP contribution in [0.15, 0.2) is 0 Å². The topological polar surface area (TPSA) is 12.0 Å². The van der Waals surface area contributed by atoms with E-state index in [-0.39, 0.29) is 0 Å². The zero-order valence-corrected chi connectivity index (χ0v) is 8.93. The number of rotatable bonds is 3. The maximum atomic E-state index is 3.42. The van der Waals surface area contributed by atoms with Gasteiger partial charge in [-0.3, -0.25) is 0 Å². The second-order valence-corrected chi connectivity index (χ2v) is 4.72. The molecule has 0 spiro atoms. The smallest absolute Gasteiger partial charge is 0.00924 e. The van der Waals surface area contributed by atoms with Crippen LogP contribution in [0, 0.1) is 17.8 Å². The average Bonchev–Trinajstić information content (AvgIpc) is 2.32. The predicted molar refractivity (Wildman–Crippen MR) is 54.2 cm³/mol. The Hall–Kier alpha value is -0.0400. The molecule has 1 fully saturated rings. The van der Waals surface area contributed by atoms with Crippen LogP contribution in [0.25, 0.3) is 0 Å². The first-order valence-electron chi connectivity index (χ1n) is 5.32. The molecule has 0 radical (unpaired) electrons. The van der Waals surface area contributed by atoms with E-state index in [9.17, 15) is 0 Å². The van der Waals surface area contributed by atoms with Crippen LogP contribution < -0.4 is 5.32 Å². The van der Waals surface area contributed by atoms with E-state index in [1.165, 1.54) is 19.3 Å². The van der Waals surface area contributed by atoms with E-state index in [0.717, 1.165) is 23.8 Å². The molecular weight excluding hydrogens is 146 g/mol. The normalized spacial score (nSPS) is 36.2. The van der Waals surface area contributed by atoms with Crippen LogP contribution in [0.3, 0.4) is 0 Å². The van der Waals surface area contributed by atoms with Gasteiger partial charge in [0.2, 0.25) is 0 Å². The Balaban J connectivity index is 2.38. The fourth-order valence-corrected chi connectivity index (χ4v) is 2.59. The lowest BCUT2D eigenvalue weighted by molar-refractivity contribution is 0.314. The second-order valence-electron chi connectivity index (χ2n) is 4.72. The summed E-state index contributed by atoms with van der Waals surface area (Å²) in [6.45, 7) is 7.07. The Morgan fingerprint density at radius 2 is 2.00 bits per heavy atom. The zero-order chi connectivity index (χ0) is 9.14. The molecule has 3 unspecified atom stereocenters. The van der Waals surface area contributed by atoms with Crippen molar-refractivity contribution >= 4 is 0 Å². The Kier molecular flexibility index (Phi) is 3.57. The summed E-state index contributed by atoms with van der Waals surface area (Å²) in [6, 6.07) is 0.786. The molecule has 0 aromatic rings. The third-order valence-electron chi connectivity index (χ3n) is 3.37. The van der Waals surface area contributed by atoms with E-state index in [2.05, 4.69) is 33.1 Å². The van der Waals surface area contributed by atoms with Crippen molar-refractivity contribution in [3.8, 4) is 0 Å². The molecular formula is C11H23N. The molecule has 3 atom stereocenters. The first-order valence-corrected chi connectivity index (χ1v) is 5.32. The molecule has 0 saturated heterocycles. The highest BCUT2D eigenvalue weighted by molar-refractivity contribution is 4.86. The molecule has 1 aliphatic rings. The van der Waals surface area contributed by atoms with Crippen LogP contribution in [0.1, 0.15) is 40.0 Å². The van der Waals surface area contributed by atoms with Gasteiger partial charge in [-0.2, -0.15) is 0 Å². The highest BCUT2D eigenvalue weighted by Crippen LogP contribution is 2.35. The highest BCUT2D eigenvalue weighted by atomic mass is 14.9. The molecule has 0 bridgehead atoms. The molecule has 1 nitrogen and oxygen atoms in total. The second kappa shape index (κ2) is 4.27. The van der Waals surface area contributed by atoms with E-state index in [1.54, 1.807) is 0 Å². The van der Waals surface area contributed by atoms with Crippen LogP contribution in [0.4, 0.5) is 0 Å². The molecule has 1 saturated carbocycles. The van der Waals surface area contributed by atoms with Gasteiger partial charge in [-0.25, -0.2) is 0 Å². The SMILES string of the molecule is CNC1CCC(CC(C)C)C1C. The first-order chi connectivity index (χ1) is 5.65. The molecule has 0 aromatic heterocycles. The van der Waals surface area contributed by atoms with Crippen molar-refractivity contribution in [1.82, 2.24) is 5.32 Å². The van der Waals surface area contributed by atoms with Crippen LogP contribution in [-0.4, -0.2) is 13.1 Å². The summed E-state index contributed by atoms with van der Waals surface area (Å²) in [7, 11) is 2.10. The van der Waals surface area contributed by atoms with Gasteiger partial charge in [0.1, 0.15) is 0 Å². The molecule has 1 N–H and O–H groups in total. The molecule has 12 heavy (non-hydrogen) atoms. The Morgan fingerprint density at radius 3 is 2.42 bits per heavy atom. The van der Waals surface area contributed by atoms with Gasteiger partial charge in [-0.15, -0.1) is 0 Å². The van der Waals surface area contributed by atoms with E-state index < -0.39 is 0 Å². The van der Waals surface area contributed by atoms with Gasteiger partial charge in [0.15, 0.2) is 0 Å². The van der Waals surface area contributed by atoms with E-state index in [0.29, 0.717) is 0 Å². The zero-order valence-electron chi connectivity index (χ0n) is 8.93. The summed E-state index contributed by atoms with van der Waals surface area (Å²) < 4.78 is 0. The van der Waals surface area contributed by atoms with E-state index >= 15 is 0 Å². The molecule has 1 heteroatoms. The minimum absolute atomic E-state index is 0.786. The Labute approximate surface area is 76.9 Å². The van der Waals surface area contributed by atoms with Gasteiger partial charge in [-0.05, 0) is 44.1 Å². The summed E-state index contributed by atoms with van der Waals surface area (Å²) in [5.41, 5.74) is 0. The van der Waals surface area contributed by atoms with Gasteiger partial charge in [0.25, 0.3) is 0 Å². The van der Waals surface area contributed by atoms with Crippen molar-refractivity contribution in [2.24, 2.45) is 17.8 Å². The third kappa shape index (κ3) is 2.22. The standard InChI is InChI=1S/C11H23N/c1-8(2)7-10-5-6-11(12-4)9(10)3/h8-12H,5-7H2,1-4H3. The maximum Gasteiger partial charge on any atom is 0.00924 e. The van der Waals surface area contributed by atoms with Crippen LogP contribution >= 0.6 is 0 Å². The molecule has 0 aromatic carbocycles. The fourth-order valence-electron chi connectivity index (χ4n) is 2.59. The highest BCUT2D eigenvalue weighted by Gasteiger charge is 2.31. The van der Waals surface area contributed by atoms with Gasteiger partial charge in [-0.1, -0.05) is 20.8 Å². The molecule has 0 amide bonds. The lowest BCUT2D eigenvalue weighted by Gasteiger charge is -2.21. The average molecular weight is 169 g/mol. The minimum atomic E-state index is 0.786. The van der Waals surface area contributed by atoms with Crippen molar-refractivity contribution in [2.75, 3.05) is 7.05 Å². The molecule has 72 valence electrons. The van der Waals surface area contributed by atoms with Gasteiger partial charge < -0.3 is 5.32 Å². The number of hydrogen-bond acceptors (Lipinski definition) is 1. The number of nitrogens with one attached hydrogen (secondary N) is 1. The lowest BCUT2D eigenvalue weighted by Crippen LogP contribution is -2.29. The summed E-state index contributed by atoms with van der Waals surface area (Å²) in [5.74, 6) is 2.73. The van der Waals surface area contributed by atoms with Crippen LogP contribution in [0.5, 0.6) is 0 Å². The maximum absolute atomic E-state index is 3.42. The minimum Gasteiger partial charge on any atom is -0.317 e. The summed E-state index contributed by atoms with van der Waals surface area (Å²) in [5, 5.41) is 3.42. The number of hydrogen-bond donors (Lipinski definition) is 1.